The number of hydrogen-bond donors (Lipinski definition) is 0. The van der Waals surface area contributed by atoms with Crippen LogP contribution in [0.25, 0.3) is 0 Å². The summed E-state index contributed by atoms with van der Waals surface area (Å²) in [6.45, 7) is 5.10. The van der Waals surface area contributed by atoms with Gasteiger partial charge in [0.25, 0.3) is 5.24 Å². The number of rotatable bonds is 3. The van der Waals surface area contributed by atoms with Crippen molar-refractivity contribution in [1.82, 2.24) is 9.91 Å². The molecule has 1 atom stereocenters. The number of amidine groups is 1. The van der Waals surface area contributed by atoms with Crippen molar-refractivity contribution in [2.45, 2.75) is 36.8 Å². The molecule has 0 saturated carbocycles. The molecule has 4 nitrogen and oxygen atoms in total. The van der Waals surface area contributed by atoms with Gasteiger partial charge in [0.1, 0.15) is 9.90 Å². The van der Waals surface area contributed by atoms with Crippen LogP contribution < -0.4 is 0 Å². The molecule has 24 heavy (non-hydrogen) atoms. The van der Waals surface area contributed by atoms with Gasteiger partial charge in [0.2, 0.25) is 0 Å². The lowest BCUT2D eigenvalue weighted by molar-refractivity contribution is 0.235. The van der Waals surface area contributed by atoms with Crippen molar-refractivity contribution in [1.29, 1.82) is 0 Å². The normalized spacial score (nSPS) is 25.1. The fourth-order valence-electron chi connectivity index (χ4n) is 3.15. The van der Waals surface area contributed by atoms with E-state index in [-0.39, 0.29) is 15.4 Å². The van der Waals surface area contributed by atoms with Gasteiger partial charge in [-0.25, -0.2) is 5.01 Å². The molecule has 3 aliphatic rings. The summed E-state index contributed by atoms with van der Waals surface area (Å²) in [7, 11) is 0. The summed E-state index contributed by atoms with van der Waals surface area (Å²) < 4.78 is 0. The second kappa shape index (κ2) is 6.35. The minimum Gasteiger partial charge on any atom is -0.279 e. The van der Waals surface area contributed by atoms with E-state index in [2.05, 4.69) is 36.4 Å². The first kappa shape index (κ1) is 16.4. The van der Waals surface area contributed by atoms with E-state index in [1.165, 1.54) is 17.3 Å². The molecule has 1 aromatic rings. The van der Waals surface area contributed by atoms with Crippen LogP contribution in [0.5, 0.6) is 0 Å². The quantitative estimate of drug-likeness (QED) is 0.716. The van der Waals surface area contributed by atoms with Gasteiger partial charge in [0.15, 0.2) is 5.17 Å². The first-order valence-electron chi connectivity index (χ1n) is 8.14. The summed E-state index contributed by atoms with van der Waals surface area (Å²) in [4.78, 5) is 14.4. The molecule has 4 rings (SSSR count). The number of thioether (sulfide) groups is 3. The second-order valence-corrected chi connectivity index (χ2v) is 9.29. The van der Waals surface area contributed by atoms with Crippen LogP contribution in [0.15, 0.2) is 45.9 Å². The molecule has 0 aliphatic carbocycles. The minimum absolute atomic E-state index is 0.0127. The monoisotopic (exact) mass is 377 g/mol. The van der Waals surface area contributed by atoms with Crippen molar-refractivity contribution in [3.05, 3.63) is 46.3 Å². The molecule has 1 fully saturated rings. The second-order valence-electron chi connectivity index (χ2n) is 5.92. The lowest BCUT2D eigenvalue weighted by Gasteiger charge is -2.32. The van der Waals surface area contributed by atoms with E-state index in [0.717, 1.165) is 23.0 Å². The third kappa shape index (κ3) is 2.57. The van der Waals surface area contributed by atoms with E-state index < -0.39 is 0 Å². The zero-order valence-electron chi connectivity index (χ0n) is 13.6. The zero-order valence-corrected chi connectivity index (χ0v) is 16.1. The average Bonchev–Trinajstić information content (AvgIpc) is 3.28. The van der Waals surface area contributed by atoms with Gasteiger partial charge in [-0.2, -0.15) is 0 Å². The number of hydrazone groups is 1. The number of hydrogen-bond acceptors (Lipinski definition) is 6. The summed E-state index contributed by atoms with van der Waals surface area (Å²) in [5, 5.41) is 11.4. The van der Waals surface area contributed by atoms with Crippen LogP contribution in [0, 0.1) is 0 Å². The summed E-state index contributed by atoms with van der Waals surface area (Å²) in [5.74, 6) is 0. The molecule has 0 radical (unpaired) electrons. The Morgan fingerprint density at radius 2 is 2.00 bits per heavy atom. The van der Waals surface area contributed by atoms with Crippen LogP contribution in [0.3, 0.4) is 0 Å². The van der Waals surface area contributed by atoms with Crippen LogP contribution in [0.4, 0.5) is 4.79 Å². The highest BCUT2D eigenvalue weighted by molar-refractivity contribution is 8.19. The number of carbonyl (C=O) groups is 1. The molecular weight excluding hydrogens is 358 g/mol. The molecule has 1 unspecified atom stereocenters. The smallest absolute Gasteiger partial charge is 0.279 e. The number of amides is 1. The molecule has 1 amide bonds. The van der Waals surface area contributed by atoms with Crippen LogP contribution in [0.1, 0.15) is 37.5 Å². The SMILES string of the molecule is CCC1(CC)SC=C2SC(N3CC(c4ccccc4)SC3=O)=NN21. The van der Waals surface area contributed by atoms with E-state index >= 15 is 0 Å². The lowest BCUT2D eigenvalue weighted by atomic mass is 10.1. The Kier molecular flexibility index (Phi) is 4.34. The molecule has 1 saturated heterocycles. The number of benzene rings is 1. The predicted octanol–water partition coefficient (Wildman–Crippen LogP) is 5.28. The third-order valence-electron chi connectivity index (χ3n) is 4.67. The largest absolute Gasteiger partial charge is 0.288 e. The van der Waals surface area contributed by atoms with E-state index in [1.54, 1.807) is 11.8 Å². The van der Waals surface area contributed by atoms with E-state index in [0.29, 0.717) is 6.54 Å². The van der Waals surface area contributed by atoms with Gasteiger partial charge in [0, 0.05) is 12.0 Å². The molecule has 126 valence electrons. The van der Waals surface area contributed by atoms with Gasteiger partial charge in [-0.15, -0.1) is 16.9 Å². The Hall–Kier alpha value is -1.05. The van der Waals surface area contributed by atoms with Crippen LogP contribution in [-0.4, -0.2) is 31.7 Å². The van der Waals surface area contributed by atoms with Gasteiger partial charge >= 0.3 is 0 Å². The zero-order chi connectivity index (χ0) is 16.7. The standard InChI is InChI=1S/C17H19N3OS3/c1-3-17(4-2)20-14(11-22-17)24-15(18-20)19-10-13(23-16(19)21)12-8-6-5-7-9-12/h5-9,11,13H,3-4,10H2,1-2H3. The van der Waals surface area contributed by atoms with Crippen molar-refractivity contribution in [3.63, 3.8) is 0 Å². The number of nitrogens with zero attached hydrogens (tertiary/aromatic N) is 3. The third-order valence-corrected chi connectivity index (χ3v) is 8.47. The molecular formula is C17H19N3OS3. The summed E-state index contributed by atoms with van der Waals surface area (Å²) in [6.07, 6.45) is 2.06. The van der Waals surface area contributed by atoms with Gasteiger partial charge in [-0.05, 0) is 30.2 Å². The Morgan fingerprint density at radius 1 is 1.25 bits per heavy atom. The van der Waals surface area contributed by atoms with Gasteiger partial charge < -0.3 is 0 Å². The molecule has 3 heterocycles. The Balaban J connectivity index is 1.55. The van der Waals surface area contributed by atoms with E-state index in [9.17, 15) is 4.79 Å². The molecule has 0 aromatic heterocycles. The maximum atomic E-state index is 12.5. The molecule has 0 bridgehead atoms. The Bertz CT molecular complexity index is 715. The first-order valence-corrected chi connectivity index (χ1v) is 10.7. The first-order chi connectivity index (χ1) is 11.7. The highest BCUT2D eigenvalue weighted by atomic mass is 32.2. The number of carbonyl (C=O) groups excluding carboxylic acids is 1. The topological polar surface area (TPSA) is 35.9 Å². The van der Waals surface area contributed by atoms with Crippen LogP contribution >= 0.6 is 35.3 Å². The molecule has 0 spiro atoms. The van der Waals surface area contributed by atoms with Crippen molar-refractivity contribution in [2.24, 2.45) is 5.10 Å². The maximum Gasteiger partial charge on any atom is 0.288 e. The molecule has 7 heteroatoms. The van der Waals surface area contributed by atoms with Crippen molar-refractivity contribution < 1.29 is 4.79 Å². The highest BCUT2D eigenvalue weighted by Crippen LogP contribution is 2.53. The minimum atomic E-state index is 0.0127. The van der Waals surface area contributed by atoms with Gasteiger partial charge in [-0.3, -0.25) is 9.69 Å². The average molecular weight is 378 g/mol. The van der Waals surface area contributed by atoms with Crippen molar-refractivity contribution in [2.75, 3.05) is 6.54 Å². The summed E-state index contributed by atoms with van der Waals surface area (Å²) in [6, 6.07) is 10.2. The van der Waals surface area contributed by atoms with Crippen LogP contribution in [0.2, 0.25) is 0 Å². The summed E-state index contributed by atoms with van der Waals surface area (Å²) >= 11 is 4.88. The predicted molar refractivity (Wildman–Crippen MR) is 105 cm³/mol. The molecule has 1 aromatic carbocycles. The fraction of sp³-hybridized carbons (Fsp3) is 0.412. The fourth-order valence-corrected chi connectivity index (χ4v) is 6.53. The lowest BCUT2D eigenvalue weighted by Crippen LogP contribution is -2.36. The van der Waals surface area contributed by atoms with Gasteiger partial charge in [-0.1, -0.05) is 55.9 Å². The highest BCUT2D eigenvalue weighted by Gasteiger charge is 2.46. The molecule has 3 aliphatic heterocycles. The number of fused-ring (bicyclic) bond motifs is 1. The summed E-state index contributed by atoms with van der Waals surface area (Å²) in [5.41, 5.74) is 1.20. The van der Waals surface area contributed by atoms with E-state index in [1.807, 2.05) is 34.9 Å². The Labute approximate surface area is 155 Å². The molecule has 0 N–H and O–H groups in total. The van der Waals surface area contributed by atoms with E-state index in [4.69, 9.17) is 5.10 Å². The maximum absolute atomic E-state index is 12.5. The van der Waals surface area contributed by atoms with Crippen molar-refractivity contribution >= 4 is 45.7 Å². The van der Waals surface area contributed by atoms with Crippen molar-refractivity contribution in [3.8, 4) is 0 Å². The van der Waals surface area contributed by atoms with Crippen LogP contribution in [-0.2, 0) is 0 Å². The van der Waals surface area contributed by atoms with Gasteiger partial charge in [0.05, 0.1) is 5.25 Å². The Morgan fingerprint density at radius 3 is 2.71 bits per heavy atom.